The van der Waals surface area contributed by atoms with Crippen LogP contribution in [0.25, 0.3) is 0 Å². The fraction of sp³-hybridized carbons (Fsp3) is 0.333. The van der Waals surface area contributed by atoms with Crippen molar-refractivity contribution < 1.29 is 9.15 Å². The first kappa shape index (κ1) is 14.9. The molecule has 0 saturated carbocycles. The maximum atomic E-state index is 6.18. The largest absolute Gasteiger partial charge is 0.495 e. The van der Waals surface area contributed by atoms with E-state index in [9.17, 15) is 0 Å². The summed E-state index contributed by atoms with van der Waals surface area (Å²) in [6, 6.07) is 7.81. The summed E-state index contributed by atoms with van der Waals surface area (Å²) in [6.45, 7) is 1.28. The van der Waals surface area contributed by atoms with E-state index in [2.05, 4.69) is 4.90 Å². The van der Waals surface area contributed by atoms with E-state index >= 15 is 0 Å². The molecule has 4 nitrogen and oxygen atoms in total. The molecule has 5 heteroatoms. The smallest absolute Gasteiger partial charge is 0.137 e. The van der Waals surface area contributed by atoms with Gasteiger partial charge >= 0.3 is 0 Å². The molecular formula is C15H19ClN2O2. The van der Waals surface area contributed by atoms with Crippen molar-refractivity contribution in [2.75, 3.05) is 20.7 Å². The van der Waals surface area contributed by atoms with E-state index in [4.69, 9.17) is 26.5 Å². The molecule has 2 aromatic rings. The molecule has 0 fully saturated rings. The van der Waals surface area contributed by atoms with E-state index in [0.717, 1.165) is 17.7 Å². The molecule has 0 radical (unpaired) electrons. The van der Waals surface area contributed by atoms with Gasteiger partial charge in [-0.15, -0.1) is 0 Å². The topological polar surface area (TPSA) is 51.6 Å². The predicted molar refractivity (Wildman–Crippen MR) is 80.0 cm³/mol. The Kier molecular flexibility index (Phi) is 5.06. The van der Waals surface area contributed by atoms with E-state index in [0.29, 0.717) is 17.3 Å². The van der Waals surface area contributed by atoms with Gasteiger partial charge in [0, 0.05) is 24.7 Å². The zero-order valence-electron chi connectivity index (χ0n) is 11.7. The maximum Gasteiger partial charge on any atom is 0.137 e. The molecular weight excluding hydrogens is 276 g/mol. The third kappa shape index (κ3) is 3.33. The molecule has 0 bridgehead atoms. The molecule has 1 atom stereocenters. The van der Waals surface area contributed by atoms with Crippen molar-refractivity contribution in [3.63, 3.8) is 0 Å². The minimum absolute atomic E-state index is 0.0910. The number of rotatable bonds is 6. The first-order valence-corrected chi connectivity index (χ1v) is 6.78. The van der Waals surface area contributed by atoms with Gasteiger partial charge in [0.15, 0.2) is 0 Å². The van der Waals surface area contributed by atoms with Gasteiger partial charge in [-0.05, 0) is 30.8 Å². The van der Waals surface area contributed by atoms with E-state index in [-0.39, 0.29) is 6.04 Å². The summed E-state index contributed by atoms with van der Waals surface area (Å²) >= 11 is 6.18. The normalized spacial score (nSPS) is 12.7. The quantitative estimate of drug-likeness (QED) is 0.889. The molecule has 0 saturated heterocycles. The number of methoxy groups -OCH3 is 1. The molecule has 2 N–H and O–H groups in total. The Bertz CT molecular complexity index is 543. The SMILES string of the molecule is COc1ccc(C(CN)N(C)Cc2ccoc2)cc1Cl. The van der Waals surface area contributed by atoms with Crippen molar-refractivity contribution in [3.8, 4) is 5.75 Å². The number of furan rings is 1. The lowest BCUT2D eigenvalue weighted by Gasteiger charge is -2.27. The van der Waals surface area contributed by atoms with Crippen molar-refractivity contribution in [1.82, 2.24) is 4.90 Å². The Balaban J connectivity index is 2.16. The summed E-state index contributed by atoms with van der Waals surface area (Å²) in [4.78, 5) is 2.17. The maximum absolute atomic E-state index is 6.18. The minimum atomic E-state index is 0.0910. The van der Waals surface area contributed by atoms with Gasteiger partial charge in [-0.25, -0.2) is 0 Å². The zero-order chi connectivity index (χ0) is 14.5. The molecule has 0 aliphatic rings. The van der Waals surface area contributed by atoms with Crippen LogP contribution in [0.1, 0.15) is 17.2 Å². The number of halogens is 1. The van der Waals surface area contributed by atoms with Gasteiger partial charge in [-0.1, -0.05) is 17.7 Å². The van der Waals surface area contributed by atoms with Crippen LogP contribution in [0.3, 0.4) is 0 Å². The second-order valence-electron chi connectivity index (χ2n) is 4.69. The minimum Gasteiger partial charge on any atom is -0.495 e. The van der Waals surface area contributed by atoms with E-state index in [1.54, 1.807) is 19.6 Å². The number of nitrogens with zero attached hydrogens (tertiary/aromatic N) is 1. The summed E-state index contributed by atoms with van der Waals surface area (Å²) in [6.07, 6.45) is 3.41. The van der Waals surface area contributed by atoms with E-state index < -0.39 is 0 Å². The Morgan fingerprint density at radius 3 is 2.75 bits per heavy atom. The number of hydrogen-bond acceptors (Lipinski definition) is 4. The Morgan fingerprint density at radius 2 is 2.20 bits per heavy atom. The predicted octanol–water partition coefficient (Wildman–Crippen LogP) is 3.07. The molecule has 1 aromatic carbocycles. The molecule has 2 rings (SSSR count). The summed E-state index contributed by atoms with van der Waals surface area (Å²) in [5.74, 6) is 0.670. The van der Waals surface area contributed by atoms with Gasteiger partial charge in [0.2, 0.25) is 0 Å². The Hall–Kier alpha value is -1.49. The highest BCUT2D eigenvalue weighted by Gasteiger charge is 2.17. The van der Waals surface area contributed by atoms with Crippen LogP contribution >= 0.6 is 11.6 Å². The van der Waals surface area contributed by atoms with Gasteiger partial charge in [0.1, 0.15) is 5.75 Å². The summed E-state index contributed by atoms with van der Waals surface area (Å²) in [5, 5.41) is 0.597. The molecule has 1 aromatic heterocycles. The fourth-order valence-corrected chi connectivity index (χ4v) is 2.51. The number of nitrogens with two attached hydrogens (primary N) is 1. The van der Waals surface area contributed by atoms with Crippen LogP contribution < -0.4 is 10.5 Å². The number of ether oxygens (including phenoxy) is 1. The summed E-state index contributed by atoms with van der Waals surface area (Å²) < 4.78 is 10.3. The molecule has 20 heavy (non-hydrogen) atoms. The lowest BCUT2D eigenvalue weighted by atomic mass is 10.0. The second kappa shape index (κ2) is 6.79. The Labute approximate surface area is 124 Å². The third-order valence-corrected chi connectivity index (χ3v) is 3.62. The lowest BCUT2D eigenvalue weighted by molar-refractivity contribution is 0.241. The van der Waals surface area contributed by atoms with Crippen molar-refractivity contribution >= 4 is 11.6 Å². The summed E-state index contributed by atoms with van der Waals surface area (Å²) in [5.41, 5.74) is 8.11. The van der Waals surface area contributed by atoms with Crippen LogP contribution in [0, 0.1) is 0 Å². The van der Waals surface area contributed by atoms with Crippen molar-refractivity contribution in [2.24, 2.45) is 5.73 Å². The van der Waals surface area contributed by atoms with E-state index in [1.807, 2.05) is 31.3 Å². The van der Waals surface area contributed by atoms with Crippen LogP contribution in [0.2, 0.25) is 5.02 Å². The number of hydrogen-bond donors (Lipinski definition) is 1. The third-order valence-electron chi connectivity index (χ3n) is 3.33. The second-order valence-corrected chi connectivity index (χ2v) is 5.10. The first-order chi connectivity index (χ1) is 9.65. The summed E-state index contributed by atoms with van der Waals surface area (Å²) in [7, 11) is 3.63. The number of benzene rings is 1. The monoisotopic (exact) mass is 294 g/mol. The van der Waals surface area contributed by atoms with Crippen molar-refractivity contribution in [3.05, 3.63) is 52.9 Å². The average molecular weight is 295 g/mol. The van der Waals surface area contributed by atoms with Gasteiger partial charge in [-0.2, -0.15) is 0 Å². The van der Waals surface area contributed by atoms with Crippen LogP contribution in [0.15, 0.2) is 41.2 Å². The zero-order valence-corrected chi connectivity index (χ0v) is 12.4. The van der Waals surface area contributed by atoms with Crippen LogP contribution in [-0.4, -0.2) is 25.6 Å². The van der Waals surface area contributed by atoms with Crippen LogP contribution in [-0.2, 0) is 6.54 Å². The highest BCUT2D eigenvalue weighted by molar-refractivity contribution is 6.32. The highest BCUT2D eigenvalue weighted by Crippen LogP contribution is 2.29. The van der Waals surface area contributed by atoms with Gasteiger partial charge < -0.3 is 14.9 Å². The molecule has 108 valence electrons. The fourth-order valence-electron chi connectivity index (χ4n) is 2.24. The molecule has 1 heterocycles. The van der Waals surface area contributed by atoms with Crippen molar-refractivity contribution in [1.29, 1.82) is 0 Å². The Morgan fingerprint density at radius 1 is 1.40 bits per heavy atom. The van der Waals surface area contributed by atoms with Crippen molar-refractivity contribution in [2.45, 2.75) is 12.6 Å². The van der Waals surface area contributed by atoms with Gasteiger partial charge in [-0.3, -0.25) is 4.90 Å². The van der Waals surface area contributed by atoms with E-state index in [1.165, 1.54) is 0 Å². The molecule has 0 amide bonds. The first-order valence-electron chi connectivity index (χ1n) is 6.40. The number of likely N-dealkylation sites (N-methyl/N-ethyl adjacent to an activating group) is 1. The molecule has 1 unspecified atom stereocenters. The van der Waals surface area contributed by atoms with Gasteiger partial charge in [0.25, 0.3) is 0 Å². The molecule has 0 aliphatic carbocycles. The molecule has 0 aliphatic heterocycles. The van der Waals surface area contributed by atoms with Crippen LogP contribution in [0.5, 0.6) is 5.75 Å². The van der Waals surface area contributed by atoms with Gasteiger partial charge in [0.05, 0.1) is 24.7 Å². The molecule has 0 spiro atoms. The highest BCUT2D eigenvalue weighted by atomic mass is 35.5. The average Bonchev–Trinajstić information content (AvgIpc) is 2.92. The van der Waals surface area contributed by atoms with Crippen LogP contribution in [0.4, 0.5) is 0 Å². The standard InChI is InChI=1S/C15H19ClN2O2/c1-18(9-11-5-6-20-10-11)14(8-17)12-3-4-15(19-2)13(16)7-12/h3-7,10,14H,8-9,17H2,1-2H3. The lowest BCUT2D eigenvalue weighted by Crippen LogP contribution is -2.30.